The predicted molar refractivity (Wildman–Crippen MR) is 87.4 cm³/mol. The molecule has 0 amide bonds. The number of rotatable bonds is 9. The summed E-state index contributed by atoms with van der Waals surface area (Å²) in [7, 11) is 1.67. The van der Waals surface area contributed by atoms with Gasteiger partial charge in [0.15, 0.2) is 11.5 Å². The van der Waals surface area contributed by atoms with Crippen LogP contribution in [0.1, 0.15) is 19.4 Å². The fourth-order valence-corrected chi connectivity index (χ4v) is 2.02. The Morgan fingerprint density at radius 2 is 1.95 bits per heavy atom. The van der Waals surface area contributed by atoms with Gasteiger partial charge < -0.3 is 14.4 Å². The number of allylic oxidation sites excluding steroid dienone is 1. The van der Waals surface area contributed by atoms with Crippen LogP contribution in [0.25, 0.3) is 0 Å². The van der Waals surface area contributed by atoms with Gasteiger partial charge in [0.1, 0.15) is 6.61 Å². The Morgan fingerprint density at radius 3 is 2.50 bits per heavy atom. The van der Waals surface area contributed by atoms with Crippen molar-refractivity contribution in [3.8, 4) is 11.5 Å². The zero-order chi connectivity index (χ0) is 14.1. The van der Waals surface area contributed by atoms with Crippen molar-refractivity contribution < 1.29 is 9.47 Å². The molecule has 20 heavy (non-hydrogen) atoms. The van der Waals surface area contributed by atoms with E-state index in [0.717, 1.165) is 43.1 Å². The summed E-state index contributed by atoms with van der Waals surface area (Å²) in [6, 6.07) is 5.96. The highest BCUT2D eigenvalue weighted by molar-refractivity contribution is 5.85. The SMILES string of the molecule is C=CCc1cccc(OC)c1OCCN(CC)CC.Cl. The van der Waals surface area contributed by atoms with Crippen LogP contribution in [0.15, 0.2) is 30.9 Å². The number of ether oxygens (including phenoxy) is 2. The molecule has 114 valence electrons. The Balaban J connectivity index is 0.00000361. The summed E-state index contributed by atoms with van der Waals surface area (Å²) in [6.45, 7) is 11.8. The van der Waals surface area contributed by atoms with E-state index in [9.17, 15) is 0 Å². The summed E-state index contributed by atoms with van der Waals surface area (Å²) in [5, 5.41) is 0. The third kappa shape index (κ3) is 5.43. The first-order chi connectivity index (χ1) is 9.26. The lowest BCUT2D eigenvalue weighted by Gasteiger charge is -2.19. The van der Waals surface area contributed by atoms with E-state index in [0.29, 0.717) is 6.61 Å². The van der Waals surface area contributed by atoms with Crippen LogP contribution in [0, 0.1) is 0 Å². The largest absolute Gasteiger partial charge is 0.493 e. The van der Waals surface area contributed by atoms with Crippen molar-refractivity contribution in [3.05, 3.63) is 36.4 Å². The number of nitrogens with zero attached hydrogens (tertiary/aromatic N) is 1. The van der Waals surface area contributed by atoms with Crippen LogP contribution in [-0.2, 0) is 6.42 Å². The smallest absolute Gasteiger partial charge is 0.164 e. The predicted octanol–water partition coefficient (Wildman–Crippen LogP) is 3.57. The molecule has 0 unspecified atom stereocenters. The monoisotopic (exact) mass is 299 g/mol. The molecule has 1 aromatic rings. The van der Waals surface area contributed by atoms with E-state index in [-0.39, 0.29) is 12.4 Å². The summed E-state index contributed by atoms with van der Waals surface area (Å²) in [4.78, 5) is 2.34. The fraction of sp³-hybridized carbons (Fsp3) is 0.500. The molecule has 0 heterocycles. The second kappa shape index (κ2) is 10.6. The van der Waals surface area contributed by atoms with E-state index in [1.54, 1.807) is 7.11 Å². The van der Waals surface area contributed by atoms with Crippen molar-refractivity contribution in [2.24, 2.45) is 0 Å². The van der Waals surface area contributed by atoms with E-state index in [4.69, 9.17) is 9.47 Å². The van der Waals surface area contributed by atoms with E-state index in [1.807, 2.05) is 18.2 Å². The maximum absolute atomic E-state index is 5.93. The van der Waals surface area contributed by atoms with Crippen molar-refractivity contribution in [2.45, 2.75) is 20.3 Å². The second-order valence-corrected chi connectivity index (χ2v) is 4.32. The third-order valence-electron chi connectivity index (χ3n) is 3.19. The third-order valence-corrected chi connectivity index (χ3v) is 3.19. The van der Waals surface area contributed by atoms with Crippen LogP contribution in [0.3, 0.4) is 0 Å². The lowest BCUT2D eigenvalue weighted by Crippen LogP contribution is -2.28. The van der Waals surface area contributed by atoms with Crippen molar-refractivity contribution in [1.82, 2.24) is 4.90 Å². The Kier molecular flexibility index (Phi) is 9.95. The molecule has 0 saturated carbocycles. The van der Waals surface area contributed by atoms with Gasteiger partial charge in [-0.15, -0.1) is 19.0 Å². The number of hydrogen-bond donors (Lipinski definition) is 0. The molecular formula is C16H26ClNO2. The van der Waals surface area contributed by atoms with Crippen LogP contribution in [-0.4, -0.2) is 38.3 Å². The van der Waals surface area contributed by atoms with E-state index >= 15 is 0 Å². The zero-order valence-electron chi connectivity index (χ0n) is 12.7. The van der Waals surface area contributed by atoms with Crippen LogP contribution >= 0.6 is 12.4 Å². The first-order valence-electron chi connectivity index (χ1n) is 6.88. The van der Waals surface area contributed by atoms with E-state index in [1.165, 1.54) is 0 Å². The minimum atomic E-state index is 0. The molecule has 0 aromatic heterocycles. The molecule has 0 fully saturated rings. The highest BCUT2D eigenvalue weighted by Crippen LogP contribution is 2.31. The minimum absolute atomic E-state index is 0. The Morgan fingerprint density at radius 1 is 1.25 bits per heavy atom. The molecular weight excluding hydrogens is 274 g/mol. The normalized spacial score (nSPS) is 10.0. The molecule has 0 spiro atoms. The number of benzene rings is 1. The molecule has 0 radical (unpaired) electrons. The number of methoxy groups -OCH3 is 1. The second-order valence-electron chi connectivity index (χ2n) is 4.32. The molecule has 0 N–H and O–H groups in total. The van der Waals surface area contributed by atoms with Crippen LogP contribution in [0.5, 0.6) is 11.5 Å². The van der Waals surface area contributed by atoms with Crippen molar-refractivity contribution in [3.63, 3.8) is 0 Å². The van der Waals surface area contributed by atoms with Crippen molar-refractivity contribution in [1.29, 1.82) is 0 Å². The number of halogens is 1. The van der Waals surface area contributed by atoms with Gasteiger partial charge in [-0.2, -0.15) is 0 Å². The quantitative estimate of drug-likeness (QED) is 0.651. The summed E-state index contributed by atoms with van der Waals surface area (Å²) in [5.74, 6) is 1.64. The maximum atomic E-state index is 5.93. The number of likely N-dealkylation sites (N-methyl/N-ethyl adjacent to an activating group) is 1. The van der Waals surface area contributed by atoms with Gasteiger partial charge in [0, 0.05) is 12.1 Å². The summed E-state index contributed by atoms with van der Waals surface area (Å²) >= 11 is 0. The summed E-state index contributed by atoms with van der Waals surface area (Å²) < 4.78 is 11.3. The topological polar surface area (TPSA) is 21.7 Å². The zero-order valence-corrected chi connectivity index (χ0v) is 13.5. The first kappa shape index (κ1) is 18.8. The molecule has 0 bridgehead atoms. The van der Waals surface area contributed by atoms with E-state index in [2.05, 4.69) is 31.4 Å². The highest BCUT2D eigenvalue weighted by Gasteiger charge is 2.10. The first-order valence-corrected chi connectivity index (χ1v) is 6.88. The molecule has 1 rings (SSSR count). The van der Waals surface area contributed by atoms with Gasteiger partial charge in [0.05, 0.1) is 7.11 Å². The molecule has 0 aliphatic carbocycles. The average molecular weight is 300 g/mol. The molecule has 0 atom stereocenters. The van der Waals surface area contributed by atoms with Crippen LogP contribution < -0.4 is 9.47 Å². The molecule has 1 aromatic carbocycles. The Hall–Kier alpha value is -1.19. The van der Waals surface area contributed by atoms with Gasteiger partial charge in [0.2, 0.25) is 0 Å². The molecule has 0 aliphatic heterocycles. The van der Waals surface area contributed by atoms with Crippen molar-refractivity contribution in [2.75, 3.05) is 33.4 Å². The summed E-state index contributed by atoms with van der Waals surface area (Å²) in [6.07, 6.45) is 2.67. The van der Waals surface area contributed by atoms with Gasteiger partial charge in [-0.1, -0.05) is 32.1 Å². The van der Waals surface area contributed by atoms with Gasteiger partial charge >= 0.3 is 0 Å². The van der Waals surface area contributed by atoms with Crippen LogP contribution in [0.2, 0.25) is 0 Å². The maximum Gasteiger partial charge on any atom is 0.164 e. The lowest BCUT2D eigenvalue weighted by atomic mass is 10.1. The van der Waals surface area contributed by atoms with Gasteiger partial charge in [-0.05, 0) is 25.6 Å². The minimum Gasteiger partial charge on any atom is -0.493 e. The fourth-order valence-electron chi connectivity index (χ4n) is 2.02. The summed E-state index contributed by atoms with van der Waals surface area (Å²) in [5.41, 5.74) is 1.12. The molecule has 3 nitrogen and oxygen atoms in total. The average Bonchev–Trinajstić information content (AvgIpc) is 2.45. The van der Waals surface area contributed by atoms with E-state index < -0.39 is 0 Å². The number of hydrogen-bond acceptors (Lipinski definition) is 3. The Bertz CT molecular complexity index is 392. The van der Waals surface area contributed by atoms with Gasteiger partial charge in [-0.3, -0.25) is 0 Å². The van der Waals surface area contributed by atoms with Gasteiger partial charge in [0.25, 0.3) is 0 Å². The standard InChI is InChI=1S/C16H25NO2.ClH/c1-5-9-14-10-8-11-15(18-4)16(14)19-13-12-17(6-2)7-3;/h5,8,10-11H,1,6-7,9,12-13H2,2-4H3;1H. The Labute approximate surface area is 129 Å². The van der Waals surface area contributed by atoms with Crippen molar-refractivity contribution >= 4 is 12.4 Å². The molecule has 4 heteroatoms. The molecule has 0 saturated heterocycles. The number of para-hydroxylation sites is 1. The highest BCUT2D eigenvalue weighted by atomic mass is 35.5. The molecule has 0 aliphatic rings. The van der Waals surface area contributed by atoms with Crippen LogP contribution in [0.4, 0.5) is 0 Å². The lowest BCUT2D eigenvalue weighted by molar-refractivity contribution is 0.216. The van der Waals surface area contributed by atoms with Gasteiger partial charge in [-0.25, -0.2) is 0 Å².